The second-order valence-corrected chi connectivity index (χ2v) is 6.53. The fraction of sp³-hybridized carbons (Fsp3) is 0. The van der Waals surface area contributed by atoms with E-state index in [2.05, 4.69) is 0 Å². The predicted octanol–water partition coefficient (Wildman–Crippen LogP) is 2.50. The third-order valence-corrected chi connectivity index (χ3v) is 5.00. The molecule has 0 unspecified atom stereocenters. The zero-order chi connectivity index (χ0) is 14.8. The highest BCUT2D eigenvalue weighted by molar-refractivity contribution is 7.95. The van der Waals surface area contributed by atoms with Crippen molar-refractivity contribution >= 4 is 27.3 Å². The Morgan fingerprint density at radius 3 is 2.55 bits per heavy atom. The normalized spacial score (nSPS) is 12.1. The van der Waals surface area contributed by atoms with Crippen LogP contribution in [0, 0.1) is 11.3 Å². The van der Waals surface area contributed by atoms with Crippen LogP contribution in [-0.4, -0.2) is 18.6 Å². The first kappa shape index (κ1) is 14.1. The molecule has 7 heteroatoms. The van der Waals surface area contributed by atoms with Gasteiger partial charge in [0.1, 0.15) is 11.0 Å². The van der Waals surface area contributed by atoms with Crippen molar-refractivity contribution in [3.05, 3.63) is 45.5 Å². The van der Waals surface area contributed by atoms with E-state index in [1.165, 1.54) is 41.0 Å². The molecule has 0 radical (unpaired) electrons. The monoisotopic (exact) mass is 307 g/mol. The Kier molecular flexibility index (Phi) is 3.79. The van der Waals surface area contributed by atoms with Crippen LogP contribution in [0.2, 0.25) is 0 Å². The van der Waals surface area contributed by atoms with E-state index in [4.69, 9.17) is 5.26 Å². The van der Waals surface area contributed by atoms with E-state index < -0.39 is 14.7 Å². The summed E-state index contributed by atoms with van der Waals surface area (Å²) in [5.74, 6) is -0.703. The molecule has 0 saturated heterocycles. The van der Waals surface area contributed by atoms with Crippen LogP contribution >= 0.6 is 11.3 Å². The molecular weight excluding hydrogens is 298 g/mol. The molecule has 0 bridgehead atoms. The van der Waals surface area contributed by atoms with E-state index in [9.17, 15) is 18.6 Å². The van der Waals surface area contributed by atoms with Crippen molar-refractivity contribution in [3.63, 3.8) is 0 Å². The Balaban J connectivity index is 2.50. The number of phenolic OH excluding ortho intramolecular Hbond substituents is 2. The molecule has 0 amide bonds. The highest BCUT2D eigenvalue weighted by atomic mass is 32.2. The predicted molar refractivity (Wildman–Crippen MR) is 74.9 cm³/mol. The molecule has 0 aliphatic rings. The van der Waals surface area contributed by atoms with Gasteiger partial charge < -0.3 is 10.2 Å². The lowest BCUT2D eigenvalue weighted by Gasteiger charge is -2.02. The average Bonchev–Trinajstić information content (AvgIpc) is 2.94. The topological polar surface area (TPSA) is 98.4 Å². The molecule has 0 fully saturated rings. The number of allylic oxidation sites excluding steroid dienone is 1. The minimum absolute atomic E-state index is 0.0540. The molecule has 20 heavy (non-hydrogen) atoms. The van der Waals surface area contributed by atoms with Crippen LogP contribution in [-0.2, 0) is 9.84 Å². The molecular formula is C13H9NO4S2. The van der Waals surface area contributed by atoms with Gasteiger partial charge in [-0.2, -0.15) is 16.6 Å². The van der Waals surface area contributed by atoms with Gasteiger partial charge in [-0.05, 0) is 35.2 Å². The molecule has 0 aliphatic heterocycles. The Morgan fingerprint density at radius 1 is 1.25 bits per heavy atom. The maximum absolute atomic E-state index is 12.2. The Bertz CT molecular complexity index is 799. The van der Waals surface area contributed by atoms with Gasteiger partial charge in [-0.25, -0.2) is 8.42 Å². The molecule has 0 saturated carbocycles. The first-order valence-electron chi connectivity index (χ1n) is 5.36. The number of benzene rings is 1. The molecule has 0 atom stereocenters. The molecule has 1 heterocycles. The van der Waals surface area contributed by atoms with Gasteiger partial charge >= 0.3 is 0 Å². The van der Waals surface area contributed by atoms with Crippen LogP contribution in [0.25, 0.3) is 6.08 Å². The van der Waals surface area contributed by atoms with Gasteiger partial charge in [-0.15, -0.1) is 0 Å². The highest BCUT2D eigenvalue weighted by Crippen LogP contribution is 2.28. The second kappa shape index (κ2) is 5.36. The molecule has 102 valence electrons. The van der Waals surface area contributed by atoms with Gasteiger partial charge in [-0.3, -0.25) is 0 Å². The number of hydrogen-bond donors (Lipinski definition) is 2. The lowest BCUT2D eigenvalue weighted by Crippen LogP contribution is -2.01. The Labute approximate surface area is 119 Å². The number of hydrogen-bond acceptors (Lipinski definition) is 6. The van der Waals surface area contributed by atoms with Gasteiger partial charge in [0.05, 0.1) is 4.90 Å². The first-order valence-corrected chi connectivity index (χ1v) is 7.79. The lowest BCUT2D eigenvalue weighted by molar-refractivity contribution is 0.403. The fourth-order valence-corrected chi connectivity index (χ4v) is 3.67. The van der Waals surface area contributed by atoms with Crippen molar-refractivity contribution in [2.75, 3.05) is 0 Å². The van der Waals surface area contributed by atoms with E-state index in [1.54, 1.807) is 11.4 Å². The van der Waals surface area contributed by atoms with Gasteiger partial charge in [-0.1, -0.05) is 6.07 Å². The second-order valence-electron chi connectivity index (χ2n) is 3.83. The van der Waals surface area contributed by atoms with E-state index in [-0.39, 0.29) is 16.4 Å². The standard InChI is InChI=1S/C13H9NO4S2/c14-7-11(20(17,18)10-3-4-19-8-10)5-9-1-2-12(15)13(16)6-9/h1-6,8,15-16H/b11-5-. The summed E-state index contributed by atoms with van der Waals surface area (Å²) in [4.78, 5) is -0.376. The number of thiophene rings is 1. The average molecular weight is 307 g/mol. The Morgan fingerprint density at radius 2 is 2.00 bits per heavy atom. The van der Waals surface area contributed by atoms with Crippen LogP contribution < -0.4 is 0 Å². The first-order chi connectivity index (χ1) is 9.45. The molecule has 0 aliphatic carbocycles. The minimum atomic E-state index is -3.86. The smallest absolute Gasteiger partial charge is 0.217 e. The van der Waals surface area contributed by atoms with Crippen LogP contribution in [0.15, 0.2) is 44.8 Å². The molecule has 2 N–H and O–H groups in total. The third kappa shape index (κ3) is 2.66. The number of rotatable bonds is 3. The Hall–Kier alpha value is -2.30. The van der Waals surface area contributed by atoms with E-state index in [1.807, 2.05) is 0 Å². The SMILES string of the molecule is N#C/C(=C/c1ccc(O)c(O)c1)S(=O)(=O)c1ccsc1. The van der Waals surface area contributed by atoms with Gasteiger partial charge in [0.25, 0.3) is 0 Å². The molecule has 5 nitrogen and oxygen atoms in total. The summed E-state index contributed by atoms with van der Waals surface area (Å²) in [5.41, 5.74) is 0.302. The number of nitrogens with zero attached hydrogens (tertiary/aromatic N) is 1. The summed E-state index contributed by atoms with van der Waals surface area (Å²) < 4.78 is 24.4. The van der Waals surface area contributed by atoms with Crippen molar-refractivity contribution in [1.82, 2.24) is 0 Å². The summed E-state index contributed by atoms with van der Waals surface area (Å²) >= 11 is 1.22. The number of phenols is 2. The number of sulfone groups is 1. The van der Waals surface area contributed by atoms with E-state index >= 15 is 0 Å². The van der Waals surface area contributed by atoms with Crippen LogP contribution in [0.1, 0.15) is 5.56 Å². The van der Waals surface area contributed by atoms with Crippen molar-refractivity contribution < 1.29 is 18.6 Å². The van der Waals surface area contributed by atoms with Crippen LogP contribution in [0.5, 0.6) is 11.5 Å². The largest absolute Gasteiger partial charge is 0.504 e. The summed E-state index contributed by atoms with van der Waals surface area (Å²) in [5, 5.41) is 30.6. The minimum Gasteiger partial charge on any atom is -0.504 e. The lowest BCUT2D eigenvalue weighted by atomic mass is 10.2. The van der Waals surface area contributed by atoms with Gasteiger partial charge in [0, 0.05) is 5.38 Å². The number of aromatic hydroxyl groups is 2. The molecule has 1 aromatic heterocycles. The quantitative estimate of drug-likeness (QED) is 0.670. The maximum Gasteiger partial charge on any atom is 0.217 e. The summed E-state index contributed by atoms with van der Waals surface area (Å²) in [6, 6.07) is 6.85. The van der Waals surface area contributed by atoms with Crippen LogP contribution in [0.4, 0.5) is 0 Å². The van der Waals surface area contributed by atoms with Crippen molar-refractivity contribution in [1.29, 1.82) is 5.26 Å². The molecule has 2 rings (SSSR count). The summed E-state index contributed by atoms with van der Waals surface area (Å²) in [6.45, 7) is 0. The van der Waals surface area contributed by atoms with E-state index in [0.717, 1.165) is 6.08 Å². The fourth-order valence-electron chi connectivity index (χ4n) is 1.48. The maximum atomic E-state index is 12.2. The third-order valence-electron chi connectivity index (χ3n) is 2.50. The highest BCUT2D eigenvalue weighted by Gasteiger charge is 2.21. The van der Waals surface area contributed by atoms with Gasteiger partial charge in [0.2, 0.25) is 9.84 Å². The van der Waals surface area contributed by atoms with Crippen molar-refractivity contribution in [2.24, 2.45) is 0 Å². The summed E-state index contributed by atoms with van der Waals surface area (Å²) in [6.07, 6.45) is 1.14. The zero-order valence-corrected chi connectivity index (χ0v) is 11.6. The molecule has 0 spiro atoms. The van der Waals surface area contributed by atoms with Gasteiger partial charge in [0.15, 0.2) is 11.5 Å². The summed E-state index contributed by atoms with van der Waals surface area (Å²) in [7, 11) is -3.86. The molecule has 1 aromatic carbocycles. The van der Waals surface area contributed by atoms with Crippen molar-refractivity contribution in [3.8, 4) is 17.6 Å². The molecule has 2 aromatic rings. The zero-order valence-electron chi connectivity index (χ0n) is 10.0. The van der Waals surface area contributed by atoms with Crippen LogP contribution in [0.3, 0.4) is 0 Å². The van der Waals surface area contributed by atoms with Crippen molar-refractivity contribution in [2.45, 2.75) is 4.90 Å². The number of nitriles is 1. The van der Waals surface area contributed by atoms with E-state index in [0.29, 0.717) is 5.56 Å².